The summed E-state index contributed by atoms with van der Waals surface area (Å²) in [7, 11) is 0. The first-order valence-corrected chi connectivity index (χ1v) is 5.76. The molecule has 0 aliphatic carbocycles. The van der Waals surface area contributed by atoms with Crippen molar-refractivity contribution in [2.45, 2.75) is 32.4 Å². The van der Waals surface area contributed by atoms with Gasteiger partial charge in [0.05, 0.1) is 12.1 Å². The first-order chi connectivity index (χ1) is 8.12. The Morgan fingerprint density at radius 3 is 2.65 bits per heavy atom. The van der Waals surface area contributed by atoms with Gasteiger partial charge in [0.2, 0.25) is 0 Å². The van der Waals surface area contributed by atoms with Gasteiger partial charge in [-0.15, -0.1) is 0 Å². The second kappa shape index (κ2) is 4.67. The average Bonchev–Trinajstić information content (AvgIpc) is 2.77. The summed E-state index contributed by atoms with van der Waals surface area (Å²) < 4.78 is 1.97. The van der Waals surface area contributed by atoms with Crippen LogP contribution in [0.4, 0.5) is 0 Å². The largest absolute Gasteiger partial charge is 0.388 e. The van der Waals surface area contributed by atoms with E-state index in [1.807, 2.05) is 36.7 Å². The van der Waals surface area contributed by atoms with Crippen molar-refractivity contribution in [1.29, 1.82) is 0 Å². The topological polar surface area (TPSA) is 50.9 Å². The van der Waals surface area contributed by atoms with Gasteiger partial charge in [0.25, 0.3) is 0 Å². The minimum absolute atomic E-state index is 0.543. The lowest BCUT2D eigenvalue weighted by Gasteiger charge is -2.22. The number of nitrogens with zero attached hydrogens (tertiary/aromatic N) is 3. The van der Waals surface area contributed by atoms with Crippen LogP contribution in [0.2, 0.25) is 0 Å². The van der Waals surface area contributed by atoms with E-state index in [9.17, 15) is 5.11 Å². The van der Waals surface area contributed by atoms with Gasteiger partial charge in [0.15, 0.2) is 0 Å². The van der Waals surface area contributed by atoms with E-state index in [0.29, 0.717) is 13.0 Å². The molecule has 1 atom stereocenters. The van der Waals surface area contributed by atoms with Gasteiger partial charge in [0.1, 0.15) is 5.82 Å². The predicted octanol–water partition coefficient (Wildman–Crippen LogP) is 2.11. The van der Waals surface area contributed by atoms with Gasteiger partial charge < -0.3 is 9.67 Å². The second-order valence-electron chi connectivity index (χ2n) is 4.47. The number of rotatable bonds is 4. The van der Waals surface area contributed by atoms with Gasteiger partial charge in [0, 0.05) is 30.4 Å². The Labute approximate surface area is 101 Å². The quantitative estimate of drug-likeness (QED) is 0.876. The van der Waals surface area contributed by atoms with E-state index in [1.54, 1.807) is 18.6 Å². The molecule has 2 aromatic rings. The molecule has 0 bridgehead atoms. The van der Waals surface area contributed by atoms with Gasteiger partial charge in [-0.25, -0.2) is 4.98 Å². The highest BCUT2D eigenvalue weighted by Gasteiger charge is 2.19. The normalized spacial score (nSPS) is 14.5. The molecule has 0 radical (unpaired) electrons. The SMILES string of the molecule is CCC(C)(O)Cn1ccnc1-c1ccncc1. The molecule has 4 nitrogen and oxygen atoms in total. The molecule has 0 amide bonds. The summed E-state index contributed by atoms with van der Waals surface area (Å²) in [6.07, 6.45) is 7.83. The van der Waals surface area contributed by atoms with Gasteiger partial charge in [-0.2, -0.15) is 0 Å². The molecule has 0 aliphatic heterocycles. The summed E-state index contributed by atoms with van der Waals surface area (Å²) >= 11 is 0. The van der Waals surface area contributed by atoms with E-state index in [0.717, 1.165) is 11.4 Å². The van der Waals surface area contributed by atoms with Crippen molar-refractivity contribution >= 4 is 0 Å². The number of pyridine rings is 1. The van der Waals surface area contributed by atoms with Crippen molar-refractivity contribution in [2.24, 2.45) is 0 Å². The fourth-order valence-corrected chi connectivity index (χ4v) is 1.68. The molecule has 0 saturated carbocycles. The molecule has 4 heteroatoms. The smallest absolute Gasteiger partial charge is 0.140 e. The highest BCUT2D eigenvalue weighted by Crippen LogP contribution is 2.20. The Bertz CT molecular complexity index is 476. The van der Waals surface area contributed by atoms with Gasteiger partial charge in [-0.05, 0) is 25.5 Å². The lowest BCUT2D eigenvalue weighted by atomic mass is 10.0. The molecule has 0 aliphatic rings. The fourth-order valence-electron chi connectivity index (χ4n) is 1.68. The van der Waals surface area contributed by atoms with E-state index < -0.39 is 5.60 Å². The zero-order chi connectivity index (χ0) is 12.3. The van der Waals surface area contributed by atoms with Crippen molar-refractivity contribution in [2.75, 3.05) is 0 Å². The zero-order valence-electron chi connectivity index (χ0n) is 10.2. The third-order valence-electron chi connectivity index (χ3n) is 2.93. The summed E-state index contributed by atoms with van der Waals surface area (Å²) in [5.74, 6) is 0.862. The van der Waals surface area contributed by atoms with Crippen LogP contribution in [0.3, 0.4) is 0 Å². The van der Waals surface area contributed by atoms with E-state index in [1.165, 1.54) is 0 Å². The summed E-state index contributed by atoms with van der Waals surface area (Å²) in [4.78, 5) is 8.32. The van der Waals surface area contributed by atoms with Crippen LogP contribution < -0.4 is 0 Å². The van der Waals surface area contributed by atoms with Crippen LogP contribution in [0.5, 0.6) is 0 Å². The predicted molar refractivity (Wildman–Crippen MR) is 66.4 cm³/mol. The molecule has 2 heterocycles. The maximum Gasteiger partial charge on any atom is 0.140 e. The average molecular weight is 231 g/mol. The molecular weight excluding hydrogens is 214 g/mol. The highest BCUT2D eigenvalue weighted by atomic mass is 16.3. The minimum atomic E-state index is -0.706. The van der Waals surface area contributed by atoms with E-state index in [2.05, 4.69) is 9.97 Å². The molecule has 2 rings (SSSR count). The zero-order valence-corrected chi connectivity index (χ0v) is 10.2. The van der Waals surface area contributed by atoms with Crippen LogP contribution in [-0.4, -0.2) is 25.2 Å². The minimum Gasteiger partial charge on any atom is -0.388 e. The summed E-state index contributed by atoms with van der Waals surface area (Å²) in [5, 5.41) is 10.1. The van der Waals surface area contributed by atoms with Crippen LogP contribution >= 0.6 is 0 Å². The van der Waals surface area contributed by atoms with Gasteiger partial charge in [-0.1, -0.05) is 6.92 Å². The van der Waals surface area contributed by atoms with Crippen molar-refractivity contribution in [3.8, 4) is 11.4 Å². The molecule has 90 valence electrons. The number of hydrogen-bond donors (Lipinski definition) is 1. The Morgan fingerprint density at radius 2 is 2.00 bits per heavy atom. The van der Waals surface area contributed by atoms with Crippen LogP contribution in [0.25, 0.3) is 11.4 Å². The number of aliphatic hydroxyl groups is 1. The molecule has 2 aromatic heterocycles. The maximum atomic E-state index is 10.1. The van der Waals surface area contributed by atoms with Crippen LogP contribution in [0, 0.1) is 0 Å². The van der Waals surface area contributed by atoms with E-state index in [-0.39, 0.29) is 0 Å². The fraction of sp³-hybridized carbons (Fsp3) is 0.385. The summed E-state index contributed by atoms with van der Waals surface area (Å²) in [6.45, 7) is 4.35. The lowest BCUT2D eigenvalue weighted by Crippen LogP contribution is -2.29. The van der Waals surface area contributed by atoms with Crippen molar-refractivity contribution < 1.29 is 5.11 Å². The Morgan fingerprint density at radius 1 is 1.29 bits per heavy atom. The summed E-state index contributed by atoms with van der Waals surface area (Å²) in [5.41, 5.74) is 0.305. The highest BCUT2D eigenvalue weighted by molar-refractivity contribution is 5.54. The molecule has 17 heavy (non-hydrogen) atoms. The monoisotopic (exact) mass is 231 g/mol. The van der Waals surface area contributed by atoms with Crippen LogP contribution in [-0.2, 0) is 6.54 Å². The maximum absolute atomic E-state index is 10.1. The Balaban J connectivity index is 2.30. The molecule has 0 spiro atoms. The standard InChI is InChI=1S/C13H17N3O/c1-3-13(2,17)10-16-9-8-15-12(16)11-4-6-14-7-5-11/h4-9,17H,3,10H2,1-2H3. The first kappa shape index (κ1) is 11.8. The molecule has 1 N–H and O–H groups in total. The Hall–Kier alpha value is -1.68. The molecule has 0 saturated heterocycles. The molecule has 0 fully saturated rings. The van der Waals surface area contributed by atoms with Crippen LogP contribution in [0.15, 0.2) is 36.9 Å². The third-order valence-corrected chi connectivity index (χ3v) is 2.93. The van der Waals surface area contributed by atoms with E-state index in [4.69, 9.17) is 0 Å². The van der Waals surface area contributed by atoms with Gasteiger partial charge >= 0.3 is 0 Å². The van der Waals surface area contributed by atoms with E-state index >= 15 is 0 Å². The van der Waals surface area contributed by atoms with Crippen molar-refractivity contribution in [1.82, 2.24) is 14.5 Å². The first-order valence-electron chi connectivity index (χ1n) is 5.76. The molecule has 1 unspecified atom stereocenters. The second-order valence-corrected chi connectivity index (χ2v) is 4.47. The third kappa shape index (κ3) is 2.71. The van der Waals surface area contributed by atoms with Gasteiger partial charge in [-0.3, -0.25) is 4.98 Å². The Kier molecular flexibility index (Phi) is 3.24. The molecular formula is C13H17N3O. The van der Waals surface area contributed by atoms with Crippen molar-refractivity contribution in [3.63, 3.8) is 0 Å². The summed E-state index contributed by atoms with van der Waals surface area (Å²) in [6, 6.07) is 3.83. The number of imidazole rings is 1. The number of hydrogen-bond acceptors (Lipinski definition) is 3. The van der Waals surface area contributed by atoms with Crippen molar-refractivity contribution in [3.05, 3.63) is 36.9 Å². The molecule has 0 aromatic carbocycles. The number of aromatic nitrogens is 3. The lowest BCUT2D eigenvalue weighted by molar-refractivity contribution is 0.0384. The van der Waals surface area contributed by atoms with Crippen LogP contribution in [0.1, 0.15) is 20.3 Å².